The highest BCUT2D eigenvalue weighted by atomic mass is 31.2. The second-order valence-corrected chi connectivity index (χ2v) is 15.7. The monoisotopic (exact) mass is 861 g/mol. The number of ether oxygens (including phenoxy) is 2. The molecule has 4 N–H and O–H groups in total. The molecule has 0 heterocycles. The summed E-state index contributed by atoms with van der Waals surface area (Å²) in [7, 11) is -4.67. The Bertz CT molecular complexity index is 1380. The van der Waals surface area contributed by atoms with E-state index in [0.29, 0.717) is 38.5 Å². The highest BCUT2D eigenvalue weighted by Crippen LogP contribution is 2.43. The van der Waals surface area contributed by atoms with E-state index >= 15 is 0 Å². The second kappa shape index (κ2) is 42.3. The molecule has 0 saturated carbocycles. The molecule has 0 saturated heterocycles. The molecule has 60 heavy (non-hydrogen) atoms. The summed E-state index contributed by atoms with van der Waals surface area (Å²) in [6.45, 7) is 2.06. The van der Waals surface area contributed by atoms with Gasteiger partial charge in [-0.2, -0.15) is 0 Å². The SMILES string of the molecule is CCCCC/C=C\C/C=C\C/C=C\C/C=C\C/C=C\CCC(=O)O[C@H](COC(=O)CCC/C=C\C/C=C\C=C\[C@H](O)C/C=C\CCCCC)COP(=O)(O)OC[C@@H](O)CO. The summed E-state index contributed by atoms with van der Waals surface area (Å²) < 4.78 is 32.5. The zero-order chi connectivity index (χ0) is 44.2. The molecule has 0 radical (unpaired) electrons. The molecule has 0 aromatic heterocycles. The van der Waals surface area contributed by atoms with E-state index in [4.69, 9.17) is 19.1 Å². The molecular formula is C48H77O11P. The van der Waals surface area contributed by atoms with Crippen LogP contribution in [0.1, 0.15) is 136 Å². The van der Waals surface area contributed by atoms with E-state index in [1.807, 2.05) is 54.7 Å². The molecule has 0 aliphatic heterocycles. The predicted octanol–water partition coefficient (Wildman–Crippen LogP) is 10.7. The minimum atomic E-state index is -4.67. The molecule has 0 bridgehead atoms. The number of unbranched alkanes of at least 4 members (excludes halogenated alkanes) is 7. The maximum Gasteiger partial charge on any atom is 0.472 e. The van der Waals surface area contributed by atoms with Crippen LogP contribution in [0.15, 0.2) is 109 Å². The Kier molecular flexibility index (Phi) is 39.9. The summed E-state index contributed by atoms with van der Waals surface area (Å²) in [4.78, 5) is 34.9. The van der Waals surface area contributed by atoms with Crippen molar-refractivity contribution < 1.29 is 52.9 Å². The molecule has 0 amide bonds. The van der Waals surface area contributed by atoms with Gasteiger partial charge in [-0.25, -0.2) is 4.57 Å². The summed E-state index contributed by atoms with van der Waals surface area (Å²) in [5, 5.41) is 28.4. The van der Waals surface area contributed by atoms with Gasteiger partial charge in [0, 0.05) is 12.8 Å². The Balaban J connectivity index is 4.60. The lowest BCUT2D eigenvalue weighted by Gasteiger charge is -2.20. The summed E-state index contributed by atoms with van der Waals surface area (Å²) in [6.07, 6.45) is 49.6. The number of phosphoric ester groups is 1. The Morgan fingerprint density at radius 2 is 1.07 bits per heavy atom. The maximum atomic E-state index is 12.6. The number of rotatable bonds is 39. The highest BCUT2D eigenvalue weighted by Gasteiger charge is 2.27. The van der Waals surface area contributed by atoms with Gasteiger partial charge in [0.1, 0.15) is 12.7 Å². The topological polar surface area (TPSA) is 169 Å². The molecule has 0 aliphatic carbocycles. The van der Waals surface area contributed by atoms with Crippen LogP contribution < -0.4 is 0 Å². The molecule has 4 atom stereocenters. The van der Waals surface area contributed by atoms with Crippen molar-refractivity contribution in [2.24, 2.45) is 0 Å². The molecule has 0 rings (SSSR count). The molecule has 11 nitrogen and oxygen atoms in total. The molecule has 340 valence electrons. The average Bonchev–Trinajstić information content (AvgIpc) is 3.23. The third-order valence-electron chi connectivity index (χ3n) is 8.49. The number of hydrogen-bond donors (Lipinski definition) is 4. The van der Waals surface area contributed by atoms with Crippen molar-refractivity contribution in [3.63, 3.8) is 0 Å². The number of carbonyl (C=O) groups is 2. The first-order chi connectivity index (χ1) is 29.1. The van der Waals surface area contributed by atoms with Crippen LogP contribution in [0.2, 0.25) is 0 Å². The highest BCUT2D eigenvalue weighted by molar-refractivity contribution is 7.47. The standard InChI is InChI=1S/C48H77O11P/c1-3-5-7-9-11-12-13-14-15-16-17-18-19-20-21-22-27-31-35-39-48(53)59-46(43-58-60(54,55)57-41-45(51)40-49)42-56-47(52)38-34-30-26-24-23-25-29-33-37-44(50)36-32-28-10-8-6-4-2/h11-12,14-15,17-18,20-21,24-29,31-33,37,44-46,49-51H,3-10,13,16,19,22-23,30,34-36,38-43H2,1-2H3,(H,54,55)/b12-11-,15-14-,18-17-,21-20-,26-24-,29-25-,31-27-,32-28-,37-33+/t44-,45+,46-/m1/s1. The third-order valence-corrected chi connectivity index (χ3v) is 9.44. The van der Waals surface area contributed by atoms with E-state index in [9.17, 15) is 29.3 Å². The van der Waals surface area contributed by atoms with Crippen molar-refractivity contribution >= 4 is 19.8 Å². The van der Waals surface area contributed by atoms with Crippen LogP contribution in [0.3, 0.4) is 0 Å². The fraction of sp³-hybridized carbons (Fsp3) is 0.583. The van der Waals surface area contributed by atoms with Gasteiger partial charge in [0.25, 0.3) is 0 Å². The van der Waals surface area contributed by atoms with Crippen LogP contribution in [0.25, 0.3) is 0 Å². The Morgan fingerprint density at radius 3 is 1.63 bits per heavy atom. The van der Waals surface area contributed by atoms with Crippen LogP contribution >= 0.6 is 7.82 Å². The first kappa shape index (κ1) is 56.6. The molecule has 0 aliphatic rings. The maximum absolute atomic E-state index is 12.6. The number of allylic oxidation sites excluding steroid dienone is 16. The Hall–Kier alpha value is -3.41. The van der Waals surface area contributed by atoms with Crippen molar-refractivity contribution in [2.75, 3.05) is 26.4 Å². The molecule has 0 aromatic rings. The zero-order valence-electron chi connectivity index (χ0n) is 36.5. The predicted molar refractivity (Wildman–Crippen MR) is 243 cm³/mol. The van der Waals surface area contributed by atoms with Crippen molar-refractivity contribution in [1.29, 1.82) is 0 Å². The number of aliphatic hydroxyl groups is 3. The molecule has 0 aromatic carbocycles. The van der Waals surface area contributed by atoms with Crippen molar-refractivity contribution in [2.45, 2.75) is 154 Å². The van der Waals surface area contributed by atoms with Gasteiger partial charge >= 0.3 is 19.8 Å². The minimum absolute atomic E-state index is 0.0299. The first-order valence-electron chi connectivity index (χ1n) is 22.0. The van der Waals surface area contributed by atoms with E-state index in [1.165, 1.54) is 38.5 Å². The van der Waals surface area contributed by atoms with Crippen molar-refractivity contribution in [3.8, 4) is 0 Å². The second-order valence-electron chi connectivity index (χ2n) is 14.2. The fourth-order valence-corrected chi connectivity index (χ4v) is 5.84. The number of phosphoric acid groups is 1. The van der Waals surface area contributed by atoms with Gasteiger partial charge in [0.15, 0.2) is 6.10 Å². The lowest BCUT2D eigenvalue weighted by Crippen LogP contribution is -2.29. The van der Waals surface area contributed by atoms with Gasteiger partial charge in [-0.05, 0) is 83.5 Å². The Labute approximate surface area is 361 Å². The van der Waals surface area contributed by atoms with Gasteiger partial charge in [-0.3, -0.25) is 18.6 Å². The zero-order valence-corrected chi connectivity index (χ0v) is 37.4. The van der Waals surface area contributed by atoms with Crippen LogP contribution in [0.5, 0.6) is 0 Å². The fourth-order valence-electron chi connectivity index (χ4n) is 5.05. The van der Waals surface area contributed by atoms with Crippen LogP contribution in [-0.4, -0.2) is 76.9 Å². The van der Waals surface area contributed by atoms with Gasteiger partial charge in [0.05, 0.1) is 25.9 Å². The minimum Gasteiger partial charge on any atom is -0.462 e. The summed E-state index contributed by atoms with van der Waals surface area (Å²) in [5.74, 6) is -1.14. The molecular weight excluding hydrogens is 783 g/mol. The normalized spacial score (nSPS) is 15.4. The van der Waals surface area contributed by atoms with E-state index in [2.05, 4.69) is 67.0 Å². The molecule has 0 fully saturated rings. The summed E-state index contributed by atoms with van der Waals surface area (Å²) in [5.41, 5.74) is 0. The smallest absolute Gasteiger partial charge is 0.462 e. The quantitative estimate of drug-likeness (QED) is 0.0153. The van der Waals surface area contributed by atoms with E-state index in [0.717, 1.165) is 32.1 Å². The van der Waals surface area contributed by atoms with Gasteiger partial charge < -0.3 is 29.7 Å². The lowest BCUT2D eigenvalue weighted by molar-refractivity contribution is -0.161. The van der Waals surface area contributed by atoms with Gasteiger partial charge in [-0.15, -0.1) is 0 Å². The van der Waals surface area contributed by atoms with Gasteiger partial charge in [-0.1, -0.05) is 149 Å². The van der Waals surface area contributed by atoms with E-state index in [-0.39, 0.29) is 12.8 Å². The third kappa shape index (κ3) is 41.3. The summed E-state index contributed by atoms with van der Waals surface area (Å²) >= 11 is 0. The number of aliphatic hydroxyl groups excluding tert-OH is 3. The van der Waals surface area contributed by atoms with Crippen LogP contribution in [0, 0.1) is 0 Å². The van der Waals surface area contributed by atoms with Crippen molar-refractivity contribution in [3.05, 3.63) is 109 Å². The molecule has 12 heteroatoms. The molecule has 1 unspecified atom stereocenters. The average molecular weight is 861 g/mol. The number of carbonyl (C=O) groups excluding carboxylic acids is 2. The van der Waals surface area contributed by atoms with Gasteiger partial charge in [0.2, 0.25) is 0 Å². The number of hydrogen-bond acceptors (Lipinski definition) is 10. The van der Waals surface area contributed by atoms with Crippen LogP contribution in [-0.2, 0) is 32.7 Å². The van der Waals surface area contributed by atoms with Crippen LogP contribution in [0.4, 0.5) is 0 Å². The Morgan fingerprint density at radius 1 is 0.567 bits per heavy atom. The number of esters is 2. The largest absolute Gasteiger partial charge is 0.472 e. The summed E-state index contributed by atoms with van der Waals surface area (Å²) in [6, 6.07) is 0. The van der Waals surface area contributed by atoms with E-state index < -0.39 is 64.5 Å². The molecule has 0 spiro atoms. The lowest BCUT2D eigenvalue weighted by atomic mass is 10.1. The van der Waals surface area contributed by atoms with Crippen molar-refractivity contribution in [1.82, 2.24) is 0 Å². The first-order valence-corrected chi connectivity index (χ1v) is 23.4. The van der Waals surface area contributed by atoms with E-state index in [1.54, 1.807) is 6.08 Å².